The number of hydrogen-bond acceptors (Lipinski definition) is 0. The standard InChI is InChI=1S/C29H38N.2C25H28N.2C25H30N/c1-21-11-9-10-12-26(21)27-18-24(13-14-30(27)8)25-16-22(19-28(2,3)4)15-23(17-25)20-29(5,6)7;2*1-19-7-3-6-10-24(19)25-18-23(15-16-26(25)2)22-13-11-21(12-14-22)17-20-8-4-5-9-20;2*1-17(2)21-13-22(18(3)4)15-23(14-21)20-11-12-26(6)25(16-20)24-10-8-7-9-19(24)5/h9-18H,19-20H2,1-8H3;2*3,6-7,10-16,18,20H,4-5,8-9,17H2,1-2H3;2*7-18H,1-6H3/q5*+1/i19D2,20D2;17D2;;1D3,3D3,17D,18D;. The molecule has 15 aromatic rings. The second-order valence-electron chi connectivity index (χ2n) is 40.2. The monoisotopic (exact) mass is 1790 g/mol. The van der Waals surface area contributed by atoms with Crippen LogP contribution in [0.25, 0.3) is 112 Å². The Bertz CT molecular complexity index is 6850. The van der Waals surface area contributed by atoms with Crippen LogP contribution in [0.1, 0.15) is 263 Å². The lowest BCUT2D eigenvalue weighted by Crippen LogP contribution is -2.30. The summed E-state index contributed by atoms with van der Waals surface area (Å²) in [6.45, 7) is 28.3. The van der Waals surface area contributed by atoms with Crippen molar-refractivity contribution in [1.82, 2.24) is 0 Å². The minimum absolute atomic E-state index is 0.147. The normalized spacial score (nSPS) is 15.8. The van der Waals surface area contributed by atoms with Crippen LogP contribution in [-0.4, -0.2) is 0 Å². The molecule has 690 valence electrons. The Morgan fingerprint density at radius 1 is 0.284 bits per heavy atom. The summed E-state index contributed by atoms with van der Waals surface area (Å²) in [7, 11) is 10.3. The van der Waals surface area contributed by atoms with Gasteiger partial charge in [0.1, 0.15) is 35.2 Å². The van der Waals surface area contributed by atoms with Crippen LogP contribution in [0.15, 0.2) is 316 Å². The quantitative estimate of drug-likeness (QED) is 0.0678. The SMILES string of the molecule is Cc1ccccc1-c1cc(-c2cc(C(C)C)cc(C(C)C)c2)cc[n+]1C.Cc1ccccc1-c1cc(-c2ccc(CC3CCCC3)cc2)cc[n+]1C.[2H]C([2H])([2H])C([2H])(C)c1cc(-c2cc[n+](C)c(-c3ccccc3C)c2)cc(C([2H])(C)C([2H])([2H])[2H])c1.[2H]C([2H])(c1cc(-c2cc[n+](C)c(-c3ccccc3C)c2)cc(C([2H])([2H])C(C)(C)C)c1)C(C)(C)C.[2H]C([2H])(c1ccc(-c2cc[n+](C)c(-c3ccccc3C)c2)cc1)C1CCCC1. The van der Waals surface area contributed by atoms with Crippen molar-refractivity contribution in [1.29, 1.82) is 0 Å². The summed E-state index contributed by atoms with van der Waals surface area (Å²) < 4.78 is 128. The highest BCUT2D eigenvalue weighted by Crippen LogP contribution is 2.39. The zero-order valence-corrected chi connectivity index (χ0v) is 83.9. The molecule has 134 heavy (non-hydrogen) atoms. The van der Waals surface area contributed by atoms with E-state index >= 15 is 0 Å². The third-order valence-corrected chi connectivity index (χ3v) is 26.2. The molecule has 5 heterocycles. The molecule has 5 aromatic heterocycles. The van der Waals surface area contributed by atoms with E-state index in [1.807, 2.05) is 158 Å². The largest absolute Gasteiger partial charge is 0.213 e. The number of nitrogens with zero attached hydrogens (tertiary/aromatic N) is 5. The van der Waals surface area contributed by atoms with Gasteiger partial charge in [0.2, 0.25) is 28.5 Å². The first kappa shape index (κ1) is 81.5. The van der Waals surface area contributed by atoms with Crippen molar-refractivity contribution < 1.29 is 42.0 Å². The van der Waals surface area contributed by atoms with E-state index in [0.29, 0.717) is 28.5 Å². The van der Waals surface area contributed by atoms with Gasteiger partial charge in [-0.1, -0.05) is 342 Å². The molecule has 2 aliphatic carbocycles. The molecule has 0 aliphatic heterocycles. The minimum atomic E-state index is -2.64. The highest BCUT2D eigenvalue weighted by Gasteiger charge is 2.25. The van der Waals surface area contributed by atoms with Crippen molar-refractivity contribution >= 4 is 0 Å². The van der Waals surface area contributed by atoms with Crippen LogP contribution in [0.2, 0.25) is 0 Å². The third kappa shape index (κ3) is 26.7. The van der Waals surface area contributed by atoms with Gasteiger partial charge in [-0.3, -0.25) is 0 Å². The number of aryl methyl sites for hydroxylation is 10. The first-order valence-electron chi connectivity index (χ1n) is 55.4. The molecule has 0 amide bonds. The average molecular weight is 1790 g/mol. The number of hydrogen-bond donors (Lipinski definition) is 0. The van der Waals surface area contributed by atoms with E-state index in [1.54, 1.807) is 18.2 Å². The van der Waals surface area contributed by atoms with Crippen molar-refractivity contribution in [3.05, 3.63) is 388 Å². The van der Waals surface area contributed by atoms with Crippen LogP contribution < -0.4 is 22.8 Å². The number of rotatable bonds is 20. The van der Waals surface area contributed by atoms with E-state index in [1.165, 1.54) is 147 Å². The first-order chi connectivity index (χ1) is 69.5. The first-order valence-corrected chi connectivity index (χ1v) is 48.4. The molecule has 2 fully saturated rings. The number of benzene rings is 10. The molecule has 10 aromatic carbocycles. The fraction of sp³-hybridized carbons (Fsp3) is 0.341. The van der Waals surface area contributed by atoms with Gasteiger partial charge in [0.15, 0.2) is 31.0 Å². The second-order valence-corrected chi connectivity index (χ2v) is 40.2. The number of aromatic nitrogens is 5. The van der Waals surface area contributed by atoms with Gasteiger partial charge in [-0.05, 0) is 265 Å². The minimum Gasteiger partial charge on any atom is -0.201 e. The smallest absolute Gasteiger partial charge is 0.201 e. The van der Waals surface area contributed by atoms with Gasteiger partial charge < -0.3 is 0 Å². The van der Waals surface area contributed by atoms with E-state index in [-0.39, 0.29) is 17.0 Å². The molecular weight excluding hydrogens is 1620 g/mol. The van der Waals surface area contributed by atoms with Crippen LogP contribution in [0, 0.1) is 57.3 Å². The Morgan fingerprint density at radius 3 is 0.828 bits per heavy atom. The maximum absolute atomic E-state index is 8.91. The van der Waals surface area contributed by atoms with E-state index in [2.05, 4.69) is 295 Å². The Balaban J connectivity index is 0.000000155. The lowest BCUT2D eigenvalue weighted by molar-refractivity contribution is -0.660. The molecule has 17 rings (SSSR count). The second kappa shape index (κ2) is 45.3. The van der Waals surface area contributed by atoms with E-state index in [4.69, 9.17) is 19.2 Å². The van der Waals surface area contributed by atoms with Gasteiger partial charge in [-0.25, -0.2) is 22.8 Å². The summed E-state index contributed by atoms with van der Waals surface area (Å²) in [5.41, 5.74) is 33.5. The lowest BCUT2D eigenvalue weighted by atomic mass is 9.83. The Labute approximate surface area is 827 Å². The van der Waals surface area contributed by atoms with Crippen molar-refractivity contribution in [3.8, 4) is 112 Å². The van der Waals surface area contributed by atoms with Crippen LogP contribution >= 0.6 is 0 Å². The molecule has 2 unspecified atom stereocenters. The van der Waals surface area contributed by atoms with Crippen LogP contribution in [0.4, 0.5) is 0 Å². The molecule has 0 N–H and O–H groups in total. The van der Waals surface area contributed by atoms with Crippen molar-refractivity contribution in [2.75, 3.05) is 0 Å². The Kier molecular flexibility index (Phi) is 27.6. The summed E-state index contributed by atoms with van der Waals surface area (Å²) in [6, 6.07) is 97.8. The van der Waals surface area contributed by atoms with Gasteiger partial charge in [-0.2, -0.15) is 0 Å². The fourth-order valence-corrected chi connectivity index (χ4v) is 18.4. The maximum Gasteiger partial charge on any atom is 0.213 e. The topological polar surface area (TPSA) is 19.4 Å². The molecule has 0 saturated heterocycles. The van der Waals surface area contributed by atoms with Gasteiger partial charge in [0, 0.05) is 108 Å². The van der Waals surface area contributed by atoms with Gasteiger partial charge in [0.05, 0.1) is 0 Å². The summed E-state index contributed by atoms with van der Waals surface area (Å²) in [5, 5.41) is 0. The molecule has 2 saturated carbocycles. The van der Waals surface area contributed by atoms with Gasteiger partial charge in [-0.15, -0.1) is 0 Å². The molecule has 2 atom stereocenters. The van der Waals surface area contributed by atoms with Crippen LogP contribution in [-0.2, 0) is 60.8 Å². The molecule has 0 bridgehead atoms. The van der Waals surface area contributed by atoms with E-state index in [9.17, 15) is 0 Å². The highest BCUT2D eigenvalue weighted by atomic mass is 14.9. The van der Waals surface area contributed by atoms with Crippen molar-refractivity contribution in [2.24, 2.45) is 57.9 Å². The molecule has 2 aliphatic rings. The summed E-state index contributed by atoms with van der Waals surface area (Å²) in [6.07, 6.45) is 17.1. The third-order valence-electron chi connectivity index (χ3n) is 26.2. The zero-order valence-electron chi connectivity index (χ0n) is 97.9. The predicted molar refractivity (Wildman–Crippen MR) is 570 cm³/mol. The maximum atomic E-state index is 8.91. The van der Waals surface area contributed by atoms with E-state index < -0.39 is 55.4 Å². The Hall–Kier alpha value is -12.1. The van der Waals surface area contributed by atoms with Crippen molar-refractivity contribution in [3.63, 3.8) is 0 Å². The predicted octanol–water partition coefficient (Wildman–Crippen LogP) is 31.9. The summed E-state index contributed by atoms with van der Waals surface area (Å²) in [4.78, 5) is 0. The fourth-order valence-electron chi connectivity index (χ4n) is 18.4. The van der Waals surface area contributed by atoms with Gasteiger partial charge >= 0.3 is 0 Å². The zero-order chi connectivity index (χ0) is 108. The molecular formula is C129H154N5+5. The van der Waals surface area contributed by atoms with Gasteiger partial charge in [0.25, 0.3) is 0 Å². The van der Waals surface area contributed by atoms with Crippen molar-refractivity contribution in [2.45, 2.75) is 232 Å². The molecule has 0 radical (unpaired) electrons. The van der Waals surface area contributed by atoms with Crippen LogP contribution in [0.5, 0.6) is 0 Å². The molecule has 0 spiro atoms. The van der Waals surface area contributed by atoms with Crippen LogP contribution in [0.3, 0.4) is 0 Å². The van der Waals surface area contributed by atoms with E-state index in [0.717, 1.165) is 93.1 Å². The number of pyridine rings is 5. The summed E-state index contributed by atoms with van der Waals surface area (Å²) >= 11 is 0. The average Bonchev–Trinajstić information content (AvgIpc) is 0.757. The Morgan fingerprint density at radius 2 is 0.545 bits per heavy atom. The lowest BCUT2D eigenvalue weighted by Gasteiger charge is -2.22. The summed E-state index contributed by atoms with van der Waals surface area (Å²) in [5.74, 6) is -1.85. The molecule has 5 nitrogen and oxygen atoms in total. The highest BCUT2D eigenvalue weighted by molar-refractivity contribution is 5.76. The molecule has 5 heteroatoms.